The summed E-state index contributed by atoms with van der Waals surface area (Å²) >= 11 is 0. The van der Waals surface area contributed by atoms with Crippen molar-refractivity contribution in [2.45, 2.75) is 32.4 Å². The molecule has 7 nitrogen and oxygen atoms in total. The van der Waals surface area contributed by atoms with Crippen LogP contribution in [-0.4, -0.2) is 55.3 Å². The third-order valence-electron chi connectivity index (χ3n) is 4.25. The smallest absolute Gasteiger partial charge is 0.246 e. The van der Waals surface area contributed by atoms with E-state index in [1.807, 2.05) is 30.3 Å². The number of amides is 1. The summed E-state index contributed by atoms with van der Waals surface area (Å²) in [4.78, 5) is 15.5. The highest BCUT2D eigenvalue weighted by Crippen LogP contribution is 2.20. The third kappa shape index (κ3) is 3.73. The van der Waals surface area contributed by atoms with Gasteiger partial charge in [-0.3, -0.25) is 4.79 Å². The van der Waals surface area contributed by atoms with Crippen molar-refractivity contribution in [3.63, 3.8) is 0 Å². The Morgan fingerprint density at radius 1 is 1.39 bits per heavy atom. The molecule has 0 saturated carbocycles. The summed E-state index contributed by atoms with van der Waals surface area (Å²) < 4.78 is 0. The van der Waals surface area contributed by atoms with Gasteiger partial charge in [0.25, 0.3) is 0 Å². The van der Waals surface area contributed by atoms with Crippen molar-refractivity contribution in [3.05, 3.63) is 30.3 Å². The number of carbonyl (C=O) groups is 1. The van der Waals surface area contributed by atoms with Gasteiger partial charge in [-0.25, -0.2) is 0 Å². The van der Waals surface area contributed by atoms with Gasteiger partial charge in [-0.15, -0.1) is 10.2 Å². The van der Waals surface area contributed by atoms with Gasteiger partial charge in [0.15, 0.2) is 0 Å². The lowest BCUT2D eigenvalue weighted by Crippen LogP contribution is -2.44. The Kier molecular flexibility index (Phi) is 4.66. The van der Waals surface area contributed by atoms with Crippen molar-refractivity contribution in [2.24, 2.45) is 5.92 Å². The monoisotopic (exact) mass is 315 g/mol. The van der Waals surface area contributed by atoms with Gasteiger partial charge in [-0.1, -0.05) is 30.3 Å². The van der Waals surface area contributed by atoms with E-state index in [1.165, 1.54) is 4.80 Å². The van der Waals surface area contributed by atoms with E-state index in [0.717, 1.165) is 24.9 Å². The number of likely N-dealkylation sites (tertiary alicyclic amines) is 1. The number of nitrogens with zero attached hydrogens (tertiary/aromatic N) is 5. The van der Waals surface area contributed by atoms with E-state index >= 15 is 0 Å². The van der Waals surface area contributed by atoms with E-state index in [9.17, 15) is 9.90 Å². The zero-order valence-electron chi connectivity index (χ0n) is 13.2. The minimum absolute atomic E-state index is 0.0349. The molecule has 122 valence electrons. The maximum atomic E-state index is 12.4. The number of piperidine rings is 1. The van der Waals surface area contributed by atoms with Crippen LogP contribution in [0.15, 0.2) is 30.3 Å². The minimum atomic E-state index is -0.389. The summed E-state index contributed by atoms with van der Waals surface area (Å²) in [5, 5.41) is 21.9. The summed E-state index contributed by atoms with van der Waals surface area (Å²) in [6, 6.07) is 9.55. The molecule has 1 saturated heterocycles. The molecule has 1 fully saturated rings. The zero-order chi connectivity index (χ0) is 16.2. The fraction of sp³-hybridized carbons (Fsp3) is 0.500. The number of carbonyl (C=O) groups excluding carboxylic acids is 1. The van der Waals surface area contributed by atoms with Gasteiger partial charge in [0.05, 0.1) is 6.10 Å². The van der Waals surface area contributed by atoms with Crippen LogP contribution in [0.1, 0.15) is 19.8 Å². The molecule has 0 radical (unpaired) electrons. The highest BCUT2D eigenvalue weighted by atomic mass is 16.3. The quantitative estimate of drug-likeness (QED) is 0.908. The SMILES string of the molecule is CC(O)C1CCCN(C(=O)Cn2nnc(-c3ccccc3)n2)C1. The van der Waals surface area contributed by atoms with Gasteiger partial charge < -0.3 is 10.0 Å². The Labute approximate surface area is 134 Å². The molecule has 3 rings (SSSR count). The first-order chi connectivity index (χ1) is 11.1. The lowest BCUT2D eigenvalue weighted by atomic mass is 9.93. The molecular weight excluding hydrogens is 294 g/mol. The fourth-order valence-electron chi connectivity index (χ4n) is 2.86. The largest absolute Gasteiger partial charge is 0.393 e. The van der Waals surface area contributed by atoms with Crippen LogP contribution >= 0.6 is 0 Å². The minimum Gasteiger partial charge on any atom is -0.393 e. The van der Waals surface area contributed by atoms with Crippen LogP contribution in [0.3, 0.4) is 0 Å². The van der Waals surface area contributed by atoms with Crippen LogP contribution in [0.4, 0.5) is 0 Å². The first kappa shape index (κ1) is 15.6. The standard InChI is InChI=1S/C16H21N5O2/c1-12(22)14-8-5-9-20(10-14)15(23)11-21-18-16(17-19-21)13-6-3-2-4-7-13/h2-4,6-7,12,14,22H,5,8-11H2,1H3. The number of rotatable bonds is 4. The molecule has 7 heteroatoms. The molecule has 1 aliphatic heterocycles. The average molecular weight is 315 g/mol. The maximum Gasteiger partial charge on any atom is 0.246 e. The number of hydrogen-bond acceptors (Lipinski definition) is 5. The van der Waals surface area contributed by atoms with Crippen molar-refractivity contribution in [1.82, 2.24) is 25.1 Å². The second kappa shape index (κ2) is 6.87. The van der Waals surface area contributed by atoms with Crippen LogP contribution in [0.5, 0.6) is 0 Å². The topological polar surface area (TPSA) is 84.1 Å². The van der Waals surface area contributed by atoms with E-state index < -0.39 is 0 Å². The van der Waals surface area contributed by atoms with Gasteiger partial charge in [0, 0.05) is 24.6 Å². The molecular formula is C16H21N5O2. The normalized spacial score (nSPS) is 19.6. The van der Waals surface area contributed by atoms with Crippen molar-refractivity contribution in [3.8, 4) is 11.4 Å². The predicted octanol–water partition coefficient (Wildman–Crippen LogP) is 0.959. The molecule has 0 spiro atoms. The van der Waals surface area contributed by atoms with E-state index in [1.54, 1.807) is 11.8 Å². The molecule has 1 N–H and O–H groups in total. The molecule has 2 heterocycles. The van der Waals surface area contributed by atoms with Crippen molar-refractivity contribution < 1.29 is 9.90 Å². The Hall–Kier alpha value is -2.28. The first-order valence-corrected chi connectivity index (χ1v) is 7.92. The molecule has 1 aliphatic rings. The van der Waals surface area contributed by atoms with Crippen molar-refractivity contribution in [1.29, 1.82) is 0 Å². The van der Waals surface area contributed by atoms with Gasteiger partial charge in [-0.05, 0) is 25.0 Å². The summed E-state index contributed by atoms with van der Waals surface area (Å²) in [6.45, 7) is 3.18. The van der Waals surface area contributed by atoms with Crippen LogP contribution < -0.4 is 0 Å². The van der Waals surface area contributed by atoms with Crippen molar-refractivity contribution in [2.75, 3.05) is 13.1 Å². The second-order valence-corrected chi connectivity index (χ2v) is 5.99. The van der Waals surface area contributed by atoms with Crippen LogP contribution in [0.25, 0.3) is 11.4 Å². The molecule has 23 heavy (non-hydrogen) atoms. The number of hydrogen-bond donors (Lipinski definition) is 1. The van der Waals surface area contributed by atoms with Gasteiger partial charge >= 0.3 is 0 Å². The van der Waals surface area contributed by atoms with Crippen LogP contribution in [0, 0.1) is 5.92 Å². The maximum absolute atomic E-state index is 12.4. The Balaban J connectivity index is 1.63. The summed E-state index contributed by atoms with van der Waals surface area (Å²) in [5.74, 6) is 0.627. The van der Waals surface area contributed by atoms with Crippen LogP contribution in [0.2, 0.25) is 0 Å². The van der Waals surface area contributed by atoms with Gasteiger partial charge in [0.1, 0.15) is 6.54 Å². The highest BCUT2D eigenvalue weighted by Gasteiger charge is 2.26. The number of tetrazole rings is 1. The summed E-state index contributed by atoms with van der Waals surface area (Å²) in [5.41, 5.74) is 0.873. The highest BCUT2D eigenvalue weighted by molar-refractivity contribution is 5.75. The van der Waals surface area contributed by atoms with E-state index in [0.29, 0.717) is 12.4 Å². The van der Waals surface area contributed by atoms with Crippen molar-refractivity contribution >= 4 is 5.91 Å². The van der Waals surface area contributed by atoms with Gasteiger partial charge in [-0.2, -0.15) is 4.80 Å². The number of aromatic nitrogens is 4. The van der Waals surface area contributed by atoms with E-state index in [2.05, 4.69) is 15.4 Å². The molecule has 1 aromatic carbocycles. The Bertz CT molecular complexity index is 656. The zero-order valence-corrected chi connectivity index (χ0v) is 13.2. The third-order valence-corrected chi connectivity index (χ3v) is 4.25. The summed E-state index contributed by atoms with van der Waals surface area (Å²) in [7, 11) is 0. The average Bonchev–Trinajstić information content (AvgIpc) is 3.04. The molecule has 0 bridgehead atoms. The predicted molar refractivity (Wildman–Crippen MR) is 84.2 cm³/mol. The lowest BCUT2D eigenvalue weighted by Gasteiger charge is -2.34. The lowest BCUT2D eigenvalue weighted by molar-refractivity contribution is -0.134. The molecule has 1 aromatic heterocycles. The summed E-state index contributed by atoms with van der Waals surface area (Å²) in [6.07, 6.45) is 1.49. The van der Waals surface area contributed by atoms with Crippen LogP contribution in [-0.2, 0) is 11.3 Å². The molecule has 2 unspecified atom stereocenters. The first-order valence-electron chi connectivity index (χ1n) is 7.92. The number of benzene rings is 1. The van der Waals surface area contributed by atoms with E-state index in [4.69, 9.17) is 0 Å². The second-order valence-electron chi connectivity index (χ2n) is 5.99. The number of aliphatic hydroxyl groups excluding tert-OH is 1. The van der Waals surface area contributed by atoms with Gasteiger partial charge in [0.2, 0.25) is 11.7 Å². The number of aliphatic hydroxyl groups is 1. The Morgan fingerprint density at radius 2 is 2.17 bits per heavy atom. The molecule has 2 atom stereocenters. The molecule has 2 aromatic rings. The fourth-order valence-corrected chi connectivity index (χ4v) is 2.86. The molecule has 1 amide bonds. The molecule has 0 aliphatic carbocycles. The van der Waals surface area contributed by atoms with E-state index in [-0.39, 0.29) is 24.5 Å². The Morgan fingerprint density at radius 3 is 2.91 bits per heavy atom.